The van der Waals surface area contributed by atoms with Crippen LogP contribution in [0.15, 0.2) is 65.1 Å². The number of nitrogens with one attached hydrogen (secondary N) is 1. The van der Waals surface area contributed by atoms with Crippen LogP contribution in [-0.4, -0.2) is 5.91 Å². The largest absolute Gasteiger partial charge is 0.461 e. The second-order valence-electron chi connectivity index (χ2n) is 5.90. The van der Waals surface area contributed by atoms with Crippen molar-refractivity contribution in [3.05, 3.63) is 77.0 Å². The number of alkyl halides is 3. The number of hydrogen-bond donors (Lipinski definition) is 1. The fourth-order valence-electron chi connectivity index (χ4n) is 2.54. The van der Waals surface area contributed by atoms with E-state index < -0.39 is 17.6 Å². The van der Waals surface area contributed by atoms with E-state index >= 15 is 0 Å². The molecule has 0 fully saturated rings. The van der Waals surface area contributed by atoms with Gasteiger partial charge in [-0.05, 0) is 42.5 Å². The Hall–Kier alpha value is -2.73. The lowest BCUT2D eigenvalue weighted by Crippen LogP contribution is -2.13. The predicted octanol–water partition coefficient (Wildman–Crippen LogP) is 6.19. The van der Waals surface area contributed by atoms with Gasteiger partial charge in [-0.15, -0.1) is 0 Å². The summed E-state index contributed by atoms with van der Waals surface area (Å²) < 4.78 is 43.8. The number of anilines is 1. The third-order valence-electron chi connectivity index (χ3n) is 3.84. The van der Waals surface area contributed by atoms with Gasteiger partial charge in [-0.3, -0.25) is 4.79 Å². The Morgan fingerprint density at radius 3 is 2.56 bits per heavy atom. The number of halogens is 4. The molecule has 0 unspecified atom stereocenters. The van der Waals surface area contributed by atoms with Gasteiger partial charge < -0.3 is 9.73 Å². The van der Waals surface area contributed by atoms with Gasteiger partial charge in [-0.1, -0.05) is 29.8 Å². The van der Waals surface area contributed by atoms with E-state index in [9.17, 15) is 18.0 Å². The average Bonchev–Trinajstić information content (AvgIpc) is 3.09. The van der Waals surface area contributed by atoms with Crippen molar-refractivity contribution in [1.82, 2.24) is 0 Å². The molecule has 3 rings (SSSR count). The maximum Gasteiger partial charge on any atom is 0.416 e. The smallest absolute Gasteiger partial charge is 0.416 e. The van der Waals surface area contributed by atoms with Crippen LogP contribution in [0.25, 0.3) is 11.3 Å². The van der Waals surface area contributed by atoms with E-state index in [1.807, 2.05) is 12.1 Å². The first-order chi connectivity index (χ1) is 12.8. The van der Waals surface area contributed by atoms with Gasteiger partial charge in [-0.25, -0.2) is 0 Å². The molecule has 0 aliphatic heterocycles. The number of rotatable bonds is 5. The van der Waals surface area contributed by atoms with E-state index in [0.717, 1.165) is 17.7 Å². The highest BCUT2D eigenvalue weighted by atomic mass is 35.5. The van der Waals surface area contributed by atoms with Crippen molar-refractivity contribution < 1.29 is 22.4 Å². The molecule has 0 saturated carbocycles. The molecule has 0 atom stereocenters. The van der Waals surface area contributed by atoms with Gasteiger partial charge >= 0.3 is 6.18 Å². The molecule has 0 bridgehead atoms. The van der Waals surface area contributed by atoms with E-state index in [0.29, 0.717) is 23.0 Å². The molecule has 3 nitrogen and oxygen atoms in total. The van der Waals surface area contributed by atoms with Crippen molar-refractivity contribution in [2.75, 3.05) is 5.32 Å². The van der Waals surface area contributed by atoms with Gasteiger partial charge in [0, 0.05) is 29.1 Å². The standard InChI is InChI=1S/C20H15ClF3NO2/c21-15-5-1-3-13(11-15)18-9-7-17(27-18)8-10-19(26)25-16-6-2-4-14(12-16)20(22,23)24/h1-7,9,11-12H,8,10H2,(H,25,26). The van der Waals surface area contributed by atoms with Crippen LogP contribution in [0.1, 0.15) is 17.7 Å². The number of carbonyl (C=O) groups is 1. The minimum atomic E-state index is -4.45. The summed E-state index contributed by atoms with van der Waals surface area (Å²) in [5.74, 6) is 0.838. The zero-order chi connectivity index (χ0) is 19.4. The lowest BCUT2D eigenvalue weighted by Gasteiger charge is -2.09. The predicted molar refractivity (Wildman–Crippen MR) is 97.5 cm³/mol. The first-order valence-corrected chi connectivity index (χ1v) is 8.51. The topological polar surface area (TPSA) is 42.2 Å². The highest BCUT2D eigenvalue weighted by molar-refractivity contribution is 6.30. The summed E-state index contributed by atoms with van der Waals surface area (Å²) in [4.78, 5) is 12.0. The molecule has 140 valence electrons. The van der Waals surface area contributed by atoms with Crippen LogP contribution < -0.4 is 5.32 Å². The lowest BCUT2D eigenvalue weighted by atomic mass is 10.2. The molecule has 0 saturated heterocycles. The van der Waals surface area contributed by atoms with E-state index in [1.54, 1.807) is 24.3 Å². The van der Waals surface area contributed by atoms with Crippen LogP contribution >= 0.6 is 11.6 Å². The van der Waals surface area contributed by atoms with Crippen LogP contribution in [0.4, 0.5) is 18.9 Å². The van der Waals surface area contributed by atoms with E-state index in [1.165, 1.54) is 12.1 Å². The zero-order valence-corrected chi connectivity index (χ0v) is 14.8. The third-order valence-corrected chi connectivity index (χ3v) is 4.08. The summed E-state index contributed by atoms with van der Waals surface area (Å²) in [6, 6.07) is 15.3. The van der Waals surface area contributed by atoms with Crippen molar-refractivity contribution in [3.8, 4) is 11.3 Å². The Morgan fingerprint density at radius 1 is 1.04 bits per heavy atom. The first kappa shape index (κ1) is 19.0. The summed E-state index contributed by atoms with van der Waals surface area (Å²) in [5.41, 5.74) is 0.119. The van der Waals surface area contributed by atoms with Crippen LogP contribution in [0.5, 0.6) is 0 Å². The number of furan rings is 1. The molecule has 1 aromatic heterocycles. The van der Waals surface area contributed by atoms with Crippen LogP contribution in [0, 0.1) is 0 Å². The highest BCUT2D eigenvalue weighted by Gasteiger charge is 2.30. The van der Waals surface area contributed by atoms with Gasteiger partial charge in [0.1, 0.15) is 11.5 Å². The third kappa shape index (κ3) is 5.14. The molecule has 7 heteroatoms. The number of benzene rings is 2. The molecule has 0 aliphatic rings. The lowest BCUT2D eigenvalue weighted by molar-refractivity contribution is -0.137. The SMILES string of the molecule is O=C(CCc1ccc(-c2cccc(Cl)c2)o1)Nc1cccc(C(F)(F)F)c1. The van der Waals surface area contributed by atoms with Crippen LogP contribution in [0.2, 0.25) is 5.02 Å². The minimum Gasteiger partial charge on any atom is -0.461 e. The summed E-state index contributed by atoms with van der Waals surface area (Å²) in [6.45, 7) is 0. The summed E-state index contributed by atoms with van der Waals surface area (Å²) in [6.07, 6.45) is -4.05. The Kier molecular flexibility index (Phi) is 5.56. The summed E-state index contributed by atoms with van der Waals surface area (Å²) >= 11 is 5.96. The number of hydrogen-bond acceptors (Lipinski definition) is 2. The van der Waals surface area contributed by atoms with Gasteiger partial charge in [0.15, 0.2) is 0 Å². The van der Waals surface area contributed by atoms with Crippen molar-refractivity contribution in [1.29, 1.82) is 0 Å². The molecule has 27 heavy (non-hydrogen) atoms. The normalized spacial score (nSPS) is 11.4. The highest BCUT2D eigenvalue weighted by Crippen LogP contribution is 2.30. The maximum absolute atomic E-state index is 12.7. The molecule has 1 N–H and O–H groups in total. The maximum atomic E-state index is 12.7. The fraction of sp³-hybridized carbons (Fsp3) is 0.150. The van der Waals surface area contributed by atoms with Crippen molar-refractivity contribution in [2.24, 2.45) is 0 Å². The first-order valence-electron chi connectivity index (χ1n) is 8.13. The van der Waals surface area contributed by atoms with Crippen molar-refractivity contribution in [3.63, 3.8) is 0 Å². The molecule has 1 heterocycles. The second kappa shape index (κ2) is 7.88. The van der Waals surface area contributed by atoms with E-state index in [4.69, 9.17) is 16.0 Å². The zero-order valence-electron chi connectivity index (χ0n) is 14.0. The van der Waals surface area contributed by atoms with Crippen LogP contribution in [-0.2, 0) is 17.4 Å². The summed E-state index contributed by atoms with van der Waals surface area (Å²) in [7, 11) is 0. The number of carbonyl (C=O) groups excluding carboxylic acids is 1. The van der Waals surface area contributed by atoms with Crippen molar-refractivity contribution >= 4 is 23.2 Å². The number of aryl methyl sites for hydroxylation is 1. The Morgan fingerprint density at radius 2 is 1.81 bits per heavy atom. The monoisotopic (exact) mass is 393 g/mol. The van der Waals surface area contributed by atoms with Gasteiger partial charge in [0.05, 0.1) is 5.56 Å². The molecular weight excluding hydrogens is 379 g/mol. The Balaban J connectivity index is 1.59. The van der Waals surface area contributed by atoms with Crippen molar-refractivity contribution in [2.45, 2.75) is 19.0 Å². The summed E-state index contributed by atoms with van der Waals surface area (Å²) in [5, 5.41) is 3.06. The molecule has 0 spiro atoms. The van der Waals surface area contributed by atoms with Gasteiger partial charge in [-0.2, -0.15) is 13.2 Å². The molecule has 3 aromatic rings. The second-order valence-corrected chi connectivity index (χ2v) is 6.34. The van der Waals surface area contributed by atoms with E-state index in [-0.39, 0.29) is 12.1 Å². The Bertz CT molecular complexity index is 950. The Labute approximate surface area is 158 Å². The van der Waals surface area contributed by atoms with Gasteiger partial charge in [0.25, 0.3) is 0 Å². The average molecular weight is 394 g/mol. The van der Waals surface area contributed by atoms with Crippen LogP contribution in [0.3, 0.4) is 0 Å². The minimum absolute atomic E-state index is 0.0821. The fourth-order valence-corrected chi connectivity index (χ4v) is 2.73. The van der Waals surface area contributed by atoms with Gasteiger partial charge in [0.2, 0.25) is 5.91 Å². The van der Waals surface area contributed by atoms with E-state index in [2.05, 4.69) is 5.32 Å². The quantitative estimate of drug-likeness (QED) is 0.561. The molecule has 2 aromatic carbocycles. The molecule has 0 aliphatic carbocycles. The molecule has 0 radical (unpaired) electrons. The molecule has 1 amide bonds. The number of amides is 1. The molecular formula is C20H15ClF3NO2.